The van der Waals surface area contributed by atoms with Gasteiger partial charge in [-0.1, -0.05) is 36.6 Å². The van der Waals surface area contributed by atoms with Gasteiger partial charge in [-0.3, -0.25) is 4.72 Å². The van der Waals surface area contributed by atoms with E-state index in [1.165, 1.54) is 25.0 Å². The predicted octanol–water partition coefficient (Wildman–Crippen LogP) is 6.00. The summed E-state index contributed by atoms with van der Waals surface area (Å²) in [6.45, 7) is 1.87. The first kappa shape index (κ1) is 24.3. The molecular weight excluding hydrogens is 489 g/mol. The van der Waals surface area contributed by atoms with Gasteiger partial charge in [0.2, 0.25) is 0 Å². The van der Waals surface area contributed by atoms with Crippen molar-refractivity contribution < 1.29 is 21.6 Å². The van der Waals surface area contributed by atoms with Gasteiger partial charge < -0.3 is 4.90 Å². The second-order valence-corrected chi connectivity index (χ2v) is 10.1. The van der Waals surface area contributed by atoms with E-state index in [0.717, 1.165) is 43.9 Å². The van der Waals surface area contributed by atoms with Crippen molar-refractivity contribution in [3.63, 3.8) is 0 Å². The van der Waals surface area contributed by atoms with Gasteiger partial charge in [0.1, 0.15) is 4.90 Å². The van der Waals surface area contributed by atoms with Gasteiger partial charge in [-0.05, 0) is 55.3 Å². The minimum atomic E-state index is -4.70. The van der Waals surface area contributed by atoms with Crippen LogP contribution in [0.15, 0.2) is 59.5 Å². The van der Waals surface area contributed by atoms with Crippen LogP contribution in [0.1, 0.15) is 31.2 Å². The van der Waals surface area contributed by atoms with Gasteiger partial charge in [-0.25, -0.2) is 8.42 Å². The largest absolute Gasteiger partial charge is 0.416 e. The predicted molar refractivity (Wildman–Crippen MR) is 125 cm³/mol. The van der Waals surface area contributed by atoms with Crippen molar-refractivity contribution in [3.05, 3.63) is 65.2 Å². The molecule has 1 N–H and O–H groups in total. The van der Waals surface area contributed by atoms with Crippen LogP contribution in [0, 0.1) is 0 Å². The second kappa shape index (κ2) is 9.79. The van der Waals surface area contributed by atoms with Gasteiger partial charge >= 0.3 is 6.18 Å². The Morgan fingerprint density at radius 2 is 1.65 bits per heavy atom. The first-order valence-electron chi connectivity index (χ1n) is 10.7. The van der Waals surface area contributed by atoms with E-state index in [2.05, 4.69) is 19.8 Å². The summed E-state index contributed by atoms with van der Waals surface area (Å²) in [6.07, 6.45) is -0.0667. The van der Waals surface area contributed by atoms with E-state index in [4.69, 9.17) is 11.6 Å². The number of benzene rings is 2. The number of anilines is 2. The molecule has 1 aliphatic heterocycles. The van der Waals surface area contributed by atoms with E-state index in [-0.39, 0.29) is 10.7 Å². The molecule has 4 rings (SSSR count). The highest BCUT2D eigenvalue weighted by atomic mass is 35.5. The van der Waals surface area contributed by atoms with Crippen molar-refractivity contribution in [1.82, 2.24) is 10.2 Å². The van der Waals surface area contributed by atoms with Gasteiger partial charge in [0, 0.05) is 24.3 Å². The molecule has 0 unspecified atom stereocenters. The molecule has 6 nitrogen and oxygen atoms in total. The minimum Gasteiger partial charge on any atom is -0.355 e. The minimum absolute atomic E-state index is 0.157. The summed E-state index contributed by atoms with van der Waals surface area (Å²) in [5.41, 5.74) is 0.192. The van der Waals surface area contributed by atoms with Crippen molar-refractivity contribution in [3.8, 4) is 11.3 Å². The molecule has 1 saturated heterocycles. The Labute approximate surface area is 200 Å². The fraction of sp³-hybridized carbons (Fsp3) is 0.304. The Kier molecular flexibility index (Phi) is 6.99. The number of nitrogens with one attached hydrogen (secondary N) is 1. The third-order valence-corrected chi connectivity index (χ3v) is 7.40. The maximum atomic E-state index is 13.0. The SMILES string of the molecule is O=S(=O)(Nc1cccc(-c2ccc(N3CCCCCC3)nn2)c1)c1cc(C(F)(F)F)ccc1Cl. The van der Waals surface area contributed by atoms with E-state index < -0.39 is 26.7 Å². The van der Waals surface area contributed by atoms with Crippen LogP contribution in [-0.4, -0.2) is 31.7 Å². The second-order valence-electron chi connectivity index (χ2n) is 8.01. The lowest BCUT2D eigenvalue weighted by Crippen LogP contribution is -2.25. The summed E-state index contributed by atoms with van der Waals surface area (Å²) in [7, 11) is -4.38. The average Bonchev–Trinajstić information content (AvgIpc) is 3.08. The lowest BCUT2D eigenvalue weighted by Gasteiger charge is -2.20. The molecule has 0 aliphatic carbocycles. The van der Waals surface area contributed by atoms with Crippen LogP contribution in [-0.2, 0) is 16.2 Å². The zero-order valence-corrected chi connectivity index (χ0v) is 19.6. The molecule has 1 fully saturated rings. The Bertz CT molecular complexity index is 1260. The Morgan fingerprint density at radius 1 is 0.912 bits per heavy atom. The van der Waals surface area contributed by atoms with Crippen LogP contribution >= 0.6 is 11.6 Å². The smallest absolute Gasteiger partial charge is 0.355 e. The lowest BCUT2D eigenvalue weighted by atomic mass is 10.1. The fourth-order valence-electron chi connectivity index (χ4n) is 3.79. The summed E-state index contributed by atoms with van der Waals surface area (Å²) >= 11 is 5.90. The van der Waals surface area contributed by atoms with Crippen molar-refractivity contribution in [2.75, 3.05) is 22.7 Å². The molecule has 2 aromatic carbocycles. The third-order valence-electron chi connectivity index (χ3n) is 5.54. The van der Waals surface area contributed by atoms with Gasteiger partial charge in [-0.15, -0.1) is 10.2 Å². The summed E-state index contributed by atoms with van der Waals surface area (Å²) in [5, 5.41) is 8.30. The van der Waals surface area contributed by atoms with E-state index in [1.54, 1.807) is 12.1 Å². The molecule has 2 heterocycles. The summed E-state index contributed by atoms with van der Waals surface area (Å²) in [4.78, 5) is 1.55. The zero-order valence-electron chi connectivity index (χ0n) is 18.0. The number of nitrogens with zero attached hydrogens (tertiary/aromatic N) is 3. The number of hydrogen-bond acceptors (Lipinski definition) is 5. The van der Waals surface area contributed by atoms with Gasteiger partial charge in [0.05, 0.1) is 16.3 Å². The van der Waals surface area contributed by atoms with Crippen LogP contribution < -0.4 is 9.62 Å². The molecule has 0 saturated carbocycles. The quantitative estimate of drug-likeness (QED) is 0.456. The molecule has 0 spiro atoms. The van der Waals surface area contributed by atoms with Crippen molar-refractivity contribution in [1.29, 1.82) is 0 Å². The van der Waals surface area contributed by atoms with Gasteiger partial charge in [-0.2, -0.15) is 13.2 Å². The zero-order chi connectivity index (χ0) is 24.3. The highest BCUT2D eigenvalue weighted by Crippen LogP contribution is 2.34. The van der Waals surface area contributed by atoms with Crippen LogP contribution in [0.4, 0.5) is 24.7 Å². The van der Waals surface area contributed by atoms with E-state index in [1.807, 2.05) is 12.1 Å². The van der Waals surface area contributed by atoms with E-state index >= 15 is 0 Å². The Balaban J connectivity index is 1.56. The number of halogens is 4. The molecule has 0 bridgehead atoms. The van der Waals surface area contributed by atoms with E-state index in [0.29, 0.717) is 17.3 Å². The normalized spacial score (nSPS) is 15.1. The third kappa shape index (κ3) is 5.61. The molecule has 3 aromatic rings. The topological polar surface area (TPSA) is 75.2 Å². The maximum absolute atomic E-state index is 13.0. The van der Waals surface area contributed by atoms with Gasteiger partial charge in [0.25, 0.3) is 10.0 Å². The summed E-state index contributed by atoms with van der Waals surface area (Å²) in [5.74, 6) is 0.793. The molecule has 0 amide bonds. The number of aromatic nitrogens is 2. The highest BCUT2D eigenvalue weighted by molar-refractivity contribution is 7.92. The Morgan fingerprint density at radius 3 is 2.29 bits per heavy atom. The number of hydrogen-bond donors (Lipinski definition) is 1. The first-order valence-corrected chi connectivity index (χ1v) is 12.6. The van der Waals surface area contributed by atoms with E-state index in [9.17, 15) is 21.6 Å². The van der Waals surface area contributed by atoms with Crippen molar-refractivity contribution >= 4 is 33.1 Å². The van der Waals surface area contributed by atoms with Gasteiger partial charge in [0.15, 0.2) is 5.82 Å². The molecule has 1 aromatic heterocycles. The van der Waals surface area contributed by atoms with Crippen LogP contribution in [0.2, 0.25) is 5.02 Å². The number of alkyl halides is 3. The molecule has 11 heteroatoms. The highest BCUT2D eigenvalue weighted by Gasteiger charge is 2.32. The first-order chi connectivity index (χ1) is 16.1. The molecule has 0 atom stereocenters. The van der Waals surface area contributed by atoms with Crippen molar-refractivity contribution in [2.24, 2.45) is 0 Å². The molecule has 0 radical (unpaired) electrons. The average molecular weight is 511 g/mol. The standard InChI is InChI=1S/C23H22ClF3N4O2S/c24-19-9-8-17(23(25,26)27)15-21(19)34(32,33)30-18-7-5-6-16(14-18)20-10-11-22(29-28-20)31-12-3-1-2-4-13-31/h5-11,14-15,30H,1-4,12-13H2. The molecular formula is C23H22ClF3N4O2S. The molecule has 1 aliphatic rings. The van der Waals surface area contributed by atoms with Crippen LogP contribution in [0.3, 0.4) is 0 Å². The lowest BCUT2D eigenvalue weighted by molar-refractivity contribution is -0.137. The maximum Gasteiger partial charge on any atom is 0.416 e. The molecule has 180 valence electrons. The monoisotopic (exact) mass is 510 g/mol. The summed E-state index contributed by atoms with van der Waals surface area (Å²) in [6, 6.07) is 12.2. The fourth-order valence-corrected chi connectivity index (χ4v) is 5.36. The number of sulfonamides is 1. The van der Waals surface area contributed by atoms with Crippen molar-refractivity contribution in [2.45, 2.75) is 36.8 Å². The number of rotatable bonds is 5. The Hall–Kier alpha value is -2.85. The van der Waals surface area contributed by atoms with Crippen LogP contribution in [0.5, 0.6) is 0 Å². The van der Waals surface area contributed by atoms with Crippen LogP contribution in [0.25, 0.3) is 11.3 Å². The molecule has 34 heavy (non-hydrogen) atoms. The summed E-state index contributed by atoms with van der Waals surface area (Å²) < 4.78 is 67.0.